The minimum absolute atomic E-state index is 0. The van der Waals surface area contributed by atoms with E-state index in [1.54, 1.807) is 18.4 Å². The fourth-order valence-corrected chi connectivity index (χ4v) is 4.29. The lowest BCUT2D eigenvalue weighted by atomic mass is 10.1. The first kappa shape index (κ1) is 25.9. The molecule has 7 nitrogen and oxygen atoms in total. The molecule has 1 aromatic carbocycles. The van der Waals surface area contributed by atoms with Gasteiger partial charge in [0.25, 0.3) is 0 Å². The van der Waals surface area contributed by atoms with Gasteiger partial charge in [0.1, 0.15) is 5.75 Å². The largest absolute Gasteiger partial charge is 0.497 e. The third-order valence-corrected chi connectivity index (χ3v) is 6.04. The van der Waals surface area contributed by atoms with Crippen molar-refractivity contribution in [1.29, 1.82) is 0 Å². The molecule has 1 aromatic heterocycles. The lowest BCUT2D eigenvalue weighted by molar-refractivity contribution is 0.0186. The number of morpholine rings is 1. The number of halogens is 1. The summed E-state index contributed by atoms with van der Waals surface area (Å²) >= 11 is 1.76. The van der Waals surface area contributed by atoms with Crippen LogP contribution in [0.2, 0.25) is 0 Å². The van der Waals surface area contributed by atoms with Crippen LogP contribution in [0.5, 0.6) is 5.75 Å². The van der Waals surface area contributed by atoms with E-state index in [0.717, 1.165) is 44.2 Å². The number of nitrogens with one attached hydrogen (secondary N) is 2. The van der Waals surface area contributed by atoms with Crippen LogP contribution < -0.4 is 15.4 Å². The summed E-state index contributed by atoms with van der Waals surface area (Å²) in [6.45, 7) is 7.14. The quantitative estimate of drug-likeness (QED) is 0.249. The van der Waals surface area contributed by atoms with Gasteiger partial charge in [-0.3, -0.25) is 9.89 Å². The van der Waals surface area contributed by atoms with E-state index < -0.39 is 6.10 Å². The van der Waals surface area contributed by atoms with Crippen LogP contribution in [-0.4, -0.2) is 69.0 Å². The second-order valence-electron chi connectivity index (χ2n) is 7.07. The number of methoxy groups -OCH3 is 1. The van der Waals surface area contributed by atoms with Gasteiger partial charge in [-0.2, -0.15) is 0 Å². The lowest BCUT2D eigenvalue weighted by Crippen LogP contribution is -2.42. The van der Waals surface area contributed by atoms with Crippen LogP contribution in [0.1, 0.15) is 29.5 Å². The van der Waals surface area contributed by atoms with Crippen molar-refractivity contribution in [2.45, 2.75) is 19.1 Å². The normalized spacial score (nSPS) is 16.8. The summed E-state index contributed by atoms with van der Waals surface area (Å²) in [5, 5.41) is 19.2. The highest BCUT2D eigenvalue weighted by atomic mass is 127. The summed E-state index contributed by atoms with van der Waals surface area (Å²) in [6.07, 6.45) is -0.656. The lowest BCUT2D eigenvalue weighted by Gasteiger charge is -2.33. The molecule has 172 valence electrons. The van der Waals surface area contributed by atoms with Gasteiger partial charge in [-0.05, 0) is 36.1 Å². The Balaban J connectivity index is 0.00000341. The smallest absolute Gasteiger partial charge is 0.191 e. The first-order chi connectivity index (χ1) is 14.7. The molecule has 0 radical (unpaired) electrons. The third kappa shape index (κ3) is 7.90. The second-order valence-corrected chi connectivity index (χ2v) is 8.05. The molecular formula is C22H33IN4O3S. The van der Waals surface area contributed by atoms with Gasteiger partial charge in [0.2, 0.25) is 0 Å². The van der Waals surface area contributed by atoms with Crippen molar-refractivity contribution in [2.24, 2.45) is 4.99 Å². The monoisotopic (exact) mass is 560 g/mol. The highest BCUT2D eigenvalue weighted by Gasteiger charge is 2.23. The molecule has 0 saturated carbocycles. The molecule has 1 fully saturated rings. The Morgan fingerprint density at radius 2 is 2.06 bits per heavy atom. The number of aliphatic hydroxyl groups is 1. The standard InChI is InChI=1S/C22H32N4O3S.HI/c1-3-23-22(25-16-20(27)17-6-4-7-18(14-17)28-2)24-15-19(21-8-5-13-30-21)26-9-11-29-12-10-26;/h4-8,13-14,19-20,27H,3,9-12,15-16H2,1-2H3,(H2,23,24,25);1H. The Labute approximate surface area is 205 Å². The van der Waals surface area contributed by atoms with Gasteiger partial charge in [-0.25, -0.2) is 0 Å². The van der Waals surface area contributed by atoms with E-state index in [1.807, 2.05) is 31.2 Å². The Morgan fingerprint density at radius 3 is 2.74 bits per heavy atom. The molecule has 3 N–H and O–H groups in total. The maximum atomic E-state index is 10.6. The Hall–Kier alpha value is -1.40. The van der Waals surface area contributed by atoms with Crippen LogP contribution in [0, 0.1) is 0 Å². The van der Waals surface area contributed by atoms with Crippen molar-refractivity contribution in [2.75, 3.05) is 53.0 Å². The van der Waals surface area contributed by atoms with Crippen molar-refractivity contribution in [3.05, 3.63) is 52.2 Å². The fraction of sp³-hybridized carbons (Fsp3) is 0.500. The van der Waals surface area contributed by atoms with Crippen molar-refractivity contribution in [3.8, 4) is 5.75 Å². The van der Waals surface area contributed by atoms with E-state index in [4.69, 9.17) is 14.5 Å². The first-order valence-corrected chi connectivity index (χ1v) is 11.3. The molecule has 2 unspecified atom stereocenters. The van der Waals surface area contributed by atoms with Crippen molar-refractivity contribution < 1.29 is 14.6 Å². The van der Waals surface area contributed by atoms with E-state index in [0.29, 0.717) is 19.0 Å². The van der Waals surface area contributed by atoms with Crippen molar-refractivity contribution in [3.63, 3.8) is 0 Å². The minimum atomic E-state index is -0.656. The van der Waals surface area contributed by atoms with E-state index in [1.165, 1.54) is 4.88 Å². The molecule has 0 amide bonds. The van der Waals surface area contributed by atoms with Crippen molar-refractivity contribution in [1.82, 2.24) is 15.5 Å². The molecule has 2 heterocycles. The molecule has 1 aliphatic heterocycles. The van der Waals surface area contributed by atoms with Crippen LogP contribution in [0.4, 0.5) is 0 Å². The summed E-state index contributed by atoms with van der Waals surface area (Å²) in [5.74, 6) is 1.44. The second kappa shape index (κ2) is 13.9. The van der Waals surface area contributed by atoms with Gasteiger partial charge >= 0.3 is 0 Å². The first-order valence-electron chi connectivity index (χ1n) is 10.4. The van der Waals surface area contributed by atoms with Crippen LogP contribution >= 0.6 is 35.3 Å². The van der Waals surface area contributed by atoms with Gasteiger partial charge < -0.3 is 25.2 Å². The zero-order valence-corrected chi connectivity index (χ0v) is 21.3. The Morgan fingerprint density at radius 1 is 1.26 bits per heavy atom. The van der Waals surface area contributed by atoms with Gasteiger partial charge in [-0.15, -0.1) is 35.3 Å². The van der Waals surface area contributed by atoms with Crippen LogP contribution in [0.15, 0.2) is 46.8 Å². The zero-order chi connectivity index (χ0) is 21.2. The molecule has 3 rings (SSSR count). The Kier molecular flexibility index (Phi) is 11.6. The molecule has 31 heavy (non-hydrogen) atoms. The molecule has 0 spiro atoms. The number of aliphatic hydroxyl groups excluding tert-OH is 1. The SMILES string of the molecule is CCNC(=NCC(c1cccs1)N1CCOCC1)NCC(O)c1cccc(OC)c1.I. The number of rotatable bonds is 9. The molecule has 1 aliphatic rings. The number of thiophene rings is 1. The van der Waals surface area contributed by atoms with E-state index in [2.05, 4.69) is 33.0 Å². The highest BCUT2D eigenvalue weighted by Crippen LogP contribution is 2.26. The summed E-state index contributed by atoms with van der Waals surface area (Å²) in [7, 11) is 1.62. The van der Waals surface area contributed by atoms with Gasteiger partial charge in [0, 0.05) is 31.1 Å². The van der Waals surface area contributed by atoms with Gasteiger partial charge in [0.15, 0.2) is 5.96 Å². The molecule has 0 aliphatic carbocycles. The maximum Gasteiger partial charge on any atom is 0.191 e. The minimum Gasteiger partial charge on any atom is -0.497 e. The van der Waals surface area contributed by atoms with E-state index >= 15 is 0 Å². The van der Waals surface area contributed by atoms with Gasteiger partial charge in [0.05, 0.1) is 39.0 Å². The van der Waals surface area contributed by atoms with Crippen LogP contribution in [0.25, 0.3) is 0 Å². The predicted octanol–water partition coefficient (Wildman–Crippen LogP) is 3.04. The fourth-order valence-electron chi connectivity index (χ4n) is 3.43. The highest BCUT2D eigenvalue weighted by molar-refractivity contribution is 14.0. The summed E-state index contributed by atoms with van der Waals surface area (Å²) in [6, 6.07) is 12.0. The Bertz CT molecular complexity index is 785. The number of ether oxygens (including phenoxy) is 2. The average molecular weight is 561 g/mol. The number of guanidine groups is 1. The average Bonchev–Trinajstić information content (AvgIpc) is 3.32. The van der Waals surface area contributed by atoms with E-state index in [9.17, 15) is 5.11 Å². The molecule has 0 bridgehead atoms. The molecular weight excluding hydrogens is 527 g/mol. The summed E-state index contributed by atoms with van der Waals surface area (Å²) in [4.78, 5) is 8.58. The van der Waals surface area contributed by atoms with Crippen molar-refractivity contribution >= 4 is 41.3 Å². The molecule has 9 heteroatoms. The van der Waals surface area contributed by atoms with Gasteiger partial charge in [-0.1, -0.05) is 18.2 Å². The zero-order valence-electron chi connectivity index (χ0n) is 18.1. The number of benzene rings is 1. The maximum absolute atomic E-state index is 10.6. The van der Waals surface area contributed by atoms with Crippen LogP contribution in [0.3, 0.4) is 0 Å². The summed E-state index contributed by atoms with van der Waals surface area (Å²) < 4.78 is 10.8. The number of nitrogens with zero attached hydrogens (tertiary/aromatic N) is 2. The predicted molar refractivity (Wildman–Crippen MR) is 137 cm³/mol. The number of aliphatic imine (C=N–C) groups is 1. The molecule has 1 saturated heterocycles. The third-order valence-electron chi connectivity index (χ3n) is 5.07. The van der Waals surface area contributed by atoms with E-state index in [-0.39, 0.29) is 30.0 Å². The number of hydrogen-bond donors (Lipinski definition) is 3. The van der Waals surface area contributed by atoms with Crippen LogP contribution in [-0.2, 0) is 4.74 Å². The molecule has 2 atom stereocenters. The number of hydrogen-bond acceptors (Lipinski definition) is 6. The topological polar surface area (TPSA) is 78.4 Å². The molecule has 2 aromatic rings. The summed E-state index contributed by atoms with van der Waals surface area (Å²) in [5.41, 5.74) is 0.808.